The highest BCUT2D eigenvalue weighted by Crippen LogP contribution is 2.17. The Balaban J connectivity index is 1.95. The summed E-state index contributed by atoms with van der Waals surface area (Å²) in [6, 6.07) is 8.29. The van der Waals surface area contributed by atoms with Gasteiger partial charge >= 0.3 is 0 Å². The van der Waals surface area contributed by atoms with Crippen molar-refractivity contribution in [3.05, 3.63) is 45.8 Å². The number of aromatic nitrogens is 2. The Morgan fingerprint density at radius 2 is 2.18 bits per heavy atom. The van der Waals surface area contributed by atoms with E-state index >= 15 is 0 Å². The zero-order valence-corrected chi connectivity index (χ0v) is 12.0. The molecule has 17 heavy (non-hydrogen) atoms. The number of rotatable bonds is 5. The van der Waals surface area contributed by atoms with Crippen molar-refractivity contribution in [3.8, 4) is 0 Å². The summed E-state index contributed by atoms with van der Waals surface area (Å²) in [5, 5.41) is 7.74. The lowest BCUT2D eigenvalue weighted by Gasteiger charge is -2.06. The standard InChI is InChI=1S/C13H16IN3/c1-2-7-17-10-11(9-16-17)8-15-13-6-4-3-5-12(13)14/h3-6,9-10,15H,2,7-8H2,1H3. The molecule has 0 bridgehead atoms. The second kappa shape index (κ2) is 6.05. The molecular formula is C13H16IN3. The summed E-state index contributed by atoms with van der Waals surface area (Å²) >= 11 is 2.34. The van der Waals surface area contributed by atoms with Gasteiger partial charge in [-0.15, -0.1) is 0 Å². The van der Waals surface area contributed by atoms with Gasteiger partial charge in [-0.1, -0.05) is 19.1 Å². The van der Waals surface area contributed by atoms with Crippen molar-refractivity contribution >= 4 is 28.3 Å². The number of nitrogens with zero attached hydrogens (tertiary/aromatic N) is 2. The minimum Gasteiger partial charge on any atom is -0.380 e. The van der Waals surface area contributed by atoms with Crippen molar-refractivity contribution in [2.75, 3.05) is 5.32 Å². The topological polar surface area (TPSA) is 29.9 Å². The van der Waals surface area contributed by atoms with E-state index in [-0.39, 0.29) is 0 Å². The largest absolute Gasteiger partial charge is 0.380 e. The van der Waals surface area contributed by atoms with Crippen LogP contribution in [0.1, 0.15) is 18.9 Å². The molecule has 1 heterocycles. The predicted molar refractivity (Wildman–Crippen MR) is 79.0 cm³/mol. The van der Waals surface area contributed by atoms with Crippen LogP contribution in [-0.2, 0) is 13.1 Å². The molecule has 0 unspecified atom stereocenters. The molecular weight excluding hydrogens is 325 g/mol. The number of halogens is 1. The van der Waals surface area contributed by atoms with Crippen molar-refractivity contribution in [2.45, 2.75) is 26.4 Å². The first-order valence-corrected chi connectivity index (χ1v) is 6.87. The van der Waals surface area contributed by atoms with E-state index in [0.717, 1.165) is 19.5 Å². The zero-order valence-electron chi connectivity index (χ0n) is 9.86. The molecule has 0 aliphatic rings. The van der Waals surface area contributed by atoms with E-state index in [0.29, 0.717) is 0 Å². The minimum atomic E-state index is 0.823. The fourth-order valence-electron chi connectivity index (χ4n) is 1.65. The zero-order chi connectivity index (χ0) is 12.1. The molecule has 2 rings (SSSR count). The van der Waals surface area contributed by atoms with E-state index in [2.05, 4.69) is 58.3 Å². The van der Waals surface area contributed by atoms with E-state index in [9.17, 15) is 0 Å². The van der Waals surface area contributed by atoms with Crippen LogP contribution in [0.4, 0.5) is 5.69 Å². The number of aryl methyl sites for hydroxylation is 1. The average molecular weight is 341 g/mol. The first kappa shape index (κ1) is 12.4. The minimum absolute atomic E-state index is 0.823. The lowest BCUT2D eigenvalue weighted by atomic mass is 10.3. The van der Waals surface area contributed by atoms with E-state index < -0.39 is 0 Å². The Hall–Kier alpha value is -1.04. The Morgan fingerprint density at radius 1 is 1.35 bits per heavy atom. The van der Waals surface area contributed by atoms with Crippen LogP contribution in [0.3, 0.4) is 0 Å². The van der Waals surface area contributed by atoms with Crippen molar-refractivity contribution in [3.63, 3.8) is 0 Å². The van der Waals surface area contributed by atoms with E-state index in [1.54, 1.807) is 0 Å². The van der Waals surface area contributed by atoms with Crippen LogP contribution in [0.15, 0.2) is 36.7 Å². The molecule has 90 valence electrons. The lowest BCUT2D eigenvalue weighted by Crippen LogP contribution is -2.00. The first-order chi connectivity index (χ1) is 8.29. The van der Waals surface area contributed by atoms with Crippen LogP contribution in [0.5, 0.6) is 0 Å². The van der Waals surface area contributed by atoms with Crippen LogP contribution in [0.25, 0.3) is 0 Å². The molecule has 1 N–H and O–H groups in total. The van der Waals surface area contributed by atoms with Gasteiger partial charge in [0.25, 0.3) is 0 Å². The van der Waals surface area contributed by atoms with E-state index in [1.165, 1.54) is 14.8 Å². The van der Waals surface area contributed by atoms with Gasteiger partial charge < -0.3 is 5.32 Å². The van der Waals surface area contributed by atoms with Gasteiger partial charge in [0.2, 0.25) is 0 Å². The van der Waals surface area contributed by atoms with Gasteiger partial charge in [0.15, 0.2) is 0 Å². The quantitative estimate of drug-likeness (QED) is 0.844. The molecule has 4 heteroatoms. The van der Waals surface area contributed by atoms with Gasteiger partial charge in [0, 0.05) is 34.1 Å². The van der Waals surface area contributed by atoms with Crippen molar-refractivity contribution < 1.29 is 0 Å². The van der Waals surface area contributed by atoms with E-state index in [1.807, 2.05) is 23.0 Å². The maximum Gasteiger partial charge on any atom is 0.0539 e. The summed E-state index contributed by atoms with van der Waals surface area (Å²) < 4.78 is 3.23. The highest BCUT2D eigenvalue weighted by atomic mass is 127. The number of benzene rings is 1. The summed E-state index contributed by atoms with van der Waals surface area (Å²) in [6.07, 6.45) is 5.15. The third-order valence-electron chi connectivity index (χ3n) is 2.50. The SMILES string of the molecule is CCCn1cc(CNc2ccccc2I)cn1. The molecule has 0 saturated carbocycles. The molecule has 1 aromatic heterocycles. The number of hydrogen-bond acceptors (Lipinski definition) is 2. The maximum atomic E-state index is 4.32. The first-order valence-electron chi connectivity index (χ1n) is 5.79. The summed E-state index contributed by atoms with van der Waals surface area (Å²) in [4.78, 5) is 0. The average Bonchev–Trinajstić information content (AvgIpc) is 2.76. The van der Waals surface area contributed by atoms with Crippen LogP contribution in [0, 0.1) is 3.57 Å². The van der Waals surface area contributed by atoms with Crippen LogP contribution < -0.4 is 5.32 Å². The van der Waals surface area contributed by atoms with Crippen molar-refractivity contribution in [1.29, 1.82) is 0 Å². The van der Waals surface area contributed by atoms with Gasteiger partial charge in [0.1, 0.15) is 0 Å². The van der Waals surface area contributed by atoms with Gasteiger partial charge in [0.05, 0.1) is 6.20 Å². The van der Waals surface area contributed by atoms with Crippen molar-refractivity contribution in [2.24, 2.45) is 0 Å². The molecule has 0 amide bonds. The molecule has 0 saturated heterocycles. The second-order valence-electron chi connectivity index (χ2n) is 3.95. The Labute approximate surface area is 115 Å². The highest BCUT2D eigenvalue weighted by molar-refractivity contribution is 14.1. The fraction of sp³-hybridized carbons (Fsp3) is 0.308. The van der Waals surface area contributed by atoms with Crippen LogP contribution in [-0.4, -0.2) is 9.78 Å². The summed E-state index contributed by atoms with van der Waals surface area (Å²) in [5.74, 6) is 0. The Bertz CT molecular complexity index is 479. The van der Waals surface area contributed by atoms with Crippen LogP contribution >= 0.6 is 22.6 Å². The van der Waals surface area contributed by atoms with Crippen molar-refractivity contribution in [1.82, 2.24) is 9.78 Å². The maximum absolute atomic E-state index is 4.32. The third kappa shape index (κ3) is 3.46. The van der Waals surface area contributed by atoms with Gasteiger partial charge in [-0.05, 0) is 41.1 Å². The van der Waals surface area contributed by atoms with Crippen LogP contribution in [0.2, 0.25) is 0 Å². The fourth-order valence-corrected chi connectivity index (χ4v) is 2.23. The Morgan fingerprint density at radius 3 is 2.94 bits per heavy atom. The smallest absolute Gasteiger partial charge is 0.0539 e. The normalized spacial score (nSPS) is 10.5. The second-order valence-corrected chi connectivity index (χ2v) is 5.11. The molecule has 1 aromatic carbocycles. The molecule has 0 spiro atoms. The summed E-state index contributed by atoms with van der Waals surface area (Å²) in [6.45, 7) is 3.97. The molecule has 0 atom stereocenters. The van der Waals surface area contributed by atoms with Gasteiger partial charge in [-0.25, -0.2) is 0 Å². The summed E-state index contributed by atoms with van der Waals surface area (Å²) in [5.41, 5.74) is 2.40. The number of nitrogens with one attached hydrogen (secondary N) is 1. The molecule has 0 fully saturated rings. The van der Waals surface area contributed by atoms with Gasteiger partial charge in [-0.3, -0.25) is 4.68 Å². The predicted octanol–water partition coefficient (Wildman–Crippen LogP) is 3.51. The Kier molecular flexibility index (Phi) is 4.42. The highest BCUT2D eigenvalue weighted by Gasteiger charge is 2.00. The summed E-state index contributed by atoms with van der Waals surface area (Å²) in [7, 11) is 0. The van der Waals surface area contributed by atoms with Gasteiger partial charge in [-0.2, -0.15) is 5.10 Å². The molecule has 2 aromatic rings. The molecule has 0 radical (unpaired) electrons. The third-order valence-corrected chi connectivity index (χ3v) is 3.44. The number of anilines is 1. The molecule has 0 aliphatic carbocycles. The molecule has 3 nitrogen and oxygen atoms in total. The number of hydrogen-bond donors (Lipinski definition) is 1. The monoisotopic (exact) mass is 341 g/mol. The molecule has 0 aliphatic heterocycles. The number of para-hydroxylation sites is 1. The van der Waals surface area contributed by atoms with E-state index in [4.69, 9.17) is 0 Å². The lowest BCUT2D eigenvalue weighted by molar-refractivity contribution is 0.602.